The zero-order chi connectivity index (χ0) is 26.7. The highest BCUT2D eigenvalue weighted by atomic mass is 16.5. The van der Waals surface area contributed by atoms with Crippen LogP contribution in [0, 0.1) is 5.41 Å². The summed E-state index contributed by atoms with van der Waals surface area (Å²) in [4.78, 5) is 13.5. The molecule has 194 valence electrons. The van der Waals surface area contributed by atoms with E-state index in [-0.39, 0.29) is 11.7 Å². The van der Waals surface area contributed by atoms with E-state index in [1.165, 1.54) is 0 Å². The van der Waals surface area contributed by atoms with Crippen LogP contribution < -0.4 is 25.8 Å². The number of nitrogens with two attached hydrogens (primary N) is 1. The minimum atomic E-state index is -0.735. The molecule has 7 heteroatoms. The third-order valence-electron chi connectivity index (χ3n) is 5.87. The number of nitrogens with one attached hydrogen (secondary N) is 3. The summed E-state index contributed by atoms with van der Waals surface area (Å²) in [6.45, 7) is 3.17. The highest BCUT2D eigenvalue weighted by Gasteiger charge is 2.22. The standard InChI is InChI=1S/C31H32N4O3/c1-2-37-27-17-25(18-28(19-27)38-21-23-11-7-4-8-12-23)29(31(36)34-20-22-9-5-3-6-10-22)35-26-15-13-24(14-16-26)30(32)33/h3-19,29,35H,2,20-21H2,1H3,(H3,32,33)(H,34,36). The second kappa shape index (κ2) is 13.0. The predicted octanol–water partition coefficient (Wildman–Crippen LogP) is 5.42. The third-order valence-corrected chi connectivity index (χ3v) is 5.87. The number of rotatable bonds is 12. The highest BCUT2D eigenvalue weighted by Crippen LogP contribution is 2.30. The van der Waals surface area contributed by atoms with E-state index in [1.54, 1.807) is 24.3 Å². The molecule has 0 aliphatic heterocycles. The number of anilines is 1. The topological polar surface area (TPSA) is 109 Å². The van der Waals surface area contributed by atoms with Crippen LogP contribution in [0.25, 0.3) is 0 Å². The van der Waals surface area contributed by atoms with Crippen LogP contribution in [0.3, 0.4) is 0 Å². The Morgan fingerprint density at radius 2 is 1.45 bits per heavy atom. The van der Waals surface area contributed by atoms with Gasteiger partial charge in [-0.3, -0.25) is 10.2 Å². The van der Waals surface area contributed by atoms with E-state index in [0.717, 1.165) is 11.1 Å². The van der Waals surface area contributed by atoms with Gasteiger partial charge in [0.25, 0.3) is 0 Å². The van der Waals surface area contributed by atoms with Gasteiger partial charge in [0.05, 0.1) is 6.61 Å². The molecule has 0 fully saturated rings. The van der Waals surface area contributed by atoms with Gasteiger partial charge in [-0.25, -0.2) is 0 Å². The molecular weight excluding hydrogens is 476 g/mol. The maximum Gasteiger partial charge on any atom is 0.247 e. The van der Waals surface area contributed by atoms with Crippen molar-refractivity contribution in [2.45, 2.75) is 26.1 Å². The number of hydrogen-bond donors (Lipinski definition) is 4. The van der Waals surface area contributed by atoms with E-state index in [2.05, 4.69) is 10.6 Å². The van der Waals surface area contributed by atoms with Crippen molar-refractivity contribution in [1.82, 2.24) is 5.32 Å². The van der Waals surface area contributed by atoms with Crippen molar-refractivity contribution in [2.24, 2.45) is 5.73 Å². The van der Waals surface area contributed by atoms with Crippen LogP contribution in [-0.4, -0.2) is 18.3 Å². The lowest BCUT2D eigenvalue weighted by Crippen LogP contribution is -2.33. The van der Waals surface area contributed by atoms with Crippen molar-refractivity contribution in [3.05, 3.63) is 125 Å². The maximum atomic E-state index is 13.5. The molecule has 0 saturated heterocycles. The van der Waals surface area contributed by atoms with Gasteiger partial charge < -0.3 is 25.8 Å². The highest BCUT2D eigenvalue weighted by molar-refractivity contribution is 5.95. The van der Waals surface area contributed by atoms with Crippen LogP contribution in [0.15, 0.2) is 103 Å². The van der Waals surface area contributed by atoms with E-state index in [9.17, 15) is 4.79 Å². The lowest BCUT2D eigenvalue weighted by Gasteiger charge is -2.22. The molecule has 4 aromatic carbocycles. The van der Waals surface area contributed by atoms with Gasteiger partial charge in [0.15, 0.2) is 0 Å². The van der Waals surface area contributed by atoms with Gasteiger partial charge in [0.1, 0.15) is 30.0 Å². The molecule has 1 amide bonds. The molecule has 0 spiro atoms. The molecule has 1 atom stereocenters. The maximum absolute atomic E-state index is 13.5. The van der Waals surface area contributed by atoms with Crippen molar-refractivity contribution in [3.8, 4) is 11.5 Å². The van der Waals surface area contributed by atoms with Gasteiger partial charge in [0.2, 0.25) is 5.91 Å². The first-order chi connectivity index (χ1) is 18.5. The molecule has 5 N–H and O–H groups in total. The molecule has 1 unspecified atom stereocenters. The average molecular weight is 509 g/mol. The van der Waals surface area contributed by atoms with E-state index in [0.29, 0.717) is 48.1 Å². The number of hydrogen-bond acceptors (Lipinski definition) is 5. The summed E-state index contributed by atoms with van der Waals surface area (Å²) in [6, 6.07) is 31.5. The van der Waals surface area contributed by atoms with E-state index >= 15 is 0 Å². The zero-order valence-electron chi connectivity index (χ0n) is 21.3. The summed E-state index contributed by atoms with van der Waals surface area (Å²) < 4.78 is 11.9. The normalized spacial score (nSPS) is 11.3. The van der Waals surface area contributed by atoms with Crippen molar-refractivity contribution in [1.29, 1.82) is 5.41 Å². The number of amidine groups is 1. The first kappa shape index (κ1) is 26.3. The van der Waals surface area contributed by atoms with Crippen LogP contribution in [0.5, 0.6) is 11.5 Å². The Kier molecular flexibility index (Phi) is 8.97. The zero-order valence-corrected chi connectivity index (χ0v) is 21.3. The molecule has 4 rings (SSSR count). The molecular formula is C31H32N4O3. The van der Waals surface area contributed by atoms with Crippen LogP contribution in [-0.2, 0) is 17.9 Å². The number of carbonyl (C=O) groups excluding carboxylic acids is 1. The largest absolute Gasteiger partial charge is 0.494 e. The van der Waals surface area contributed by atoms with Crippen LogP contribution >= 0.6 is 0 Å². The summed E-state index contributed by atoms with van der Waals surface area (Å²) in [7, 11) is 0. The van der Waals surface area contributed by atoms with Gasteiger partial charge >= 0.3 is 0 Å². The molecule has 0 radical (unpaired) electrons. The fraction of sp³-hybridized carbons (Fsp3) is 0.161. The second-order valence-electron chi connectivity index (χ2n) is 8.72. The SMILES string of the molecule is CCOc1cc(OCc2ccccc2)cc(C(Nc2ccc(C(=N)N)cc2)C(=O)NCc2ccccc2)c1. The van der Waals surface area contributed by atoms with E-state index < -0.39 is 6.04 Å². The van der Waals surface area contributed by atoms with Crippen molar-refractivity contribution >= 4 is 17.4 Å². The summed E-state index contributed by atoms with van der Waals surface area (Å²) >= 11 is 0. The number of ether oxygens (including phenoxy) is 2. The third kappa shape index (κ3) is 7.36. The Morgan fingerprint density at radius 3 is 2.05 bits per heavy atom. The Bertz CT molecular complexity index is 1340. The van der Waals surface area contributed by atoms with Crippen LogP contribution in [0.4, 0.5) is 5.69 Å². The summed E-state index contributed by atoms with van der Waals surface area (Å²) in [5.41, 5.74) is 9.65. The predicted molar refractivity (Wildman–Crippen MR) is 150 cm³/mol. The number of benzene rings is 4. The minimum absolute atomic E-state index is 0.0154. The van der Waals surface area contributed by atoms with E-state index in [1.807, 2.05) is 85.8 Å². The first-order valence-corrected chi connectivity index (χ1v) is 12.5. The van der Waals surface area contributed by atoms with E-state index in [4.69, 9.17) is 20.6 Å². The summed E-state index contributed by atoms with van der Waals surface area (Å²) in [5.74, 6) is 0.998. The van der Waals surface area contributed by atoms with Crippen molar-refractivity contribution in [2.75, 3.05) is 11.9 Å². The summed E-state index contributed by atoms with van der Waals surface area (Å²) in [5, 5.41) is 14.0. The fourth-order valence-corrected chi connectivity index (χ4v) is 3.93. The Balaban J connectivity index is 1.62. The van der Waals surface area contributed by atoms with Crippen molar-refractivity contribution < 1.29 is 14.3 Å². The van der Waals surface area contributed by atoms with Gasteiger partial charge in [-0.15, -0.1) is 0 Å². The molecule has 0 saturated carbocycles. The quantitative estimate of drug-likeness (QED) is 0.151. The molecule has 0 aliphatic carbocycles. The minimum Gasteiger partial charge on any atom is -0.494 e. The molecule has 7 nitrogen and oxygen atoms in total. The van der Waals surface area contributed by atoms with Gasteiger partial charge in [-0.1, -0.05) is 60.7 Å². The summed E-state index contributed by atoms with van der Waals surface area (Å²) in [6.07, 6.45) is 0. The fourth-order valence-electron chi connectivity index (χ4n) is 3.93. The Morgan fingerprint density at radius 1 is 0.842 bits per heavy atom. The monoisotopic (exact) mass is 508 g/mol. The first-order valence-electron chi connectivity index (χ1n) is 12.5. The van der Waals surface area contributed by atoms with Crippen LogP contribution in [0.1, 0.15) is 35.2 Å². The smallest absolute Gasteiger partial charge is 0.247 e. The lowest BCUT2D eigenvalue weighted by molar-refractivity contribution is -0.122. The lowest BCUT2D eigenvalue weighted by atomic mass is 10.0. The molecule has 38 heavy (non-hydrogen) atoms. The molecule has 0 aliphatic rings. The number of nitrogen functional groups attached to an aromatic ring is 1. The van der Waals surface area contributed by atoms with Gasteiger partial charge in [0, 0.05) is 23.9 Å². The Labute approximate surface area is 223 Å². The molecule has 0 aromatic heterocycles. The van der Waals surface area contributed by atoms with Gasteiger partial charge in [-0.2, -0.15) is 0 Å². The number of amides is 1. The molecule has 4 aromatic rings. The van der Waals surface area contributed by atoms with Gasteiger partial charge in [-0.05, 0) is 60.0 Å². The Hall–Kier alpha value is -4.78. The molecule has 0 bridgehead atoms. The van der Waals surface area contributed by atoms with Crippen LogP contribution in [0.2, 0.25) is 0 Å². The number of carbonyl (C=O) groups is 1. The second-order valence-corrected chi connectivity index (χ2v) is 8.72. The molecule has 0 heterocycles. The van der Waals surface area contributed by atoms with Crippen molar-refractivity contribution in [3.63, 3.8) is 0 Å². The average Bonchev–Trinajstić information content (AvgIpc) is 2.95.